The highest BCUT2D eigenvalue weighted by Crippen LogP contribution is 2.25. The van der Waals surface area contributed by atoms with Crippen LogP contribution < -0.4 is 11.1 Å². The lowest BCUT2D eigenvalue weighted by molar-refractivity contribution is 0.0527. The van der Waals surface area contributed by atoms with E-state index in [0.717, 1.165) is 6.54 Å². The number of anilines is 2. The van der Waals surface area contributed by atoms with E-state index in [2.05, 4.69) is 10.3 Å². The summed E-state index contributed by atoms with van der Waals surface area (Å²) in [6.07, 6.45) is 6.64. The minimum Gasteiger partial charge on any atom is -0.462 e. The Hall–Kier alpha value is -1.78. The molecule has 0 spiro atoms. The van der Waals surface area contributed by atoms with E-state index in [1.807, 2.05) is 0 Å². The third-order valence-corrected chi connectivity index (χ3v) is 3.44. The van der Waals surface area contributed by atoms with Crippen LogP contribution in [0.3, 0.4) is 0 Å². The largest absolute Gasteiger partial charge is 0.462 e. The summed E-state index contributed by atoms with van der Waals surface area (Å²) in [6.45, 7) is 2.97. The van der Waals surface area contributed by atoms with Crippen LogP contribution in [0.25, 0.3) is 0 Å². The summed E-state index contributed by atoms with van der Waals surface area (Å²) < 4.78 is 5.02. The van der Waals surface area contributed by atoms with E-state index < -0.39 is 0 Å². The fourth-order valence-electron chi connectivity index (χ4n) is 2.44. The molecule has 0 atom stereocenters. The zero-order valence-electron chi connectivity index (χ0n) is 11.3. The summed E-state index contributed by atoms with van der Waals surface area (Å²) in [5.41, 5.74) is 6.57. The van der Waals surface area contributed by atoms with Crippen LogP contribution in [0.1, 0.15) is 43.0 Å². The molecule has 0 saturated heterocycles. The third-order valence-electron chi connectivity index (χ3n) is 3.44. The van der Waals surface area contributed by atoms with Crippen molar-refractivity contribution >= 4 is 17.5 Å². The number of nitrogen functional groups attached to an aromatic ring is 1. The highest BCUT2D eigenvalue weighted by Gasteiger charge is 2.18. The molecule has 2 rings (SSSR count). The fourth-order valence-corrected chi connectivity index (χ4v) is 2.44. The third kappa shape index (κ3) is 3.59. The normalized spacial score (nSPS) is 15.4. The number of pyridine rings is 1. The number of ether oxygens (including phenoxy) is 1. The lowest BCUT2D eigenvalue weighted by Crippen LogP contribution is -2.16. The number of nitrogens with zero attached hydrogens (tertiary/aromatic N) is 1. The van der Waals surface area contributed by atoms with Gasteiger partial charge in [-0.25, -0.2) is 9.78 Å². The second-order valence-electron chi connectivity index (χ2n) is 4.92. The monoisotopic (exact) mass is 263 g/mol. The van der Waals surface area contributed by atoms with Crippen molar-refractivity contribution in [2.24, 2.45) is 5.92 Å². The predicted octanol–water partition coefficient (Wildman–Crippen LogP) is 2.44. The first-order chi connectivity index (χ1) is 9.20. The maximum Gasteiger partial charge on any atom is 0.341 e. The Labute approximate surface area is 113 Å². The summed E-state index contributed by atoms with van der Waals surface area (Å²) in [6, 6.07) is 1.61. The average Bonchev–Trinajstić information content (AvgIpc) is 2.90. The fraction of sp³-hybridized carbons (Fsp3) is 0.571. The Morgan fingerprint density at radius 3 is 2.95 bits per heavy atom. The SMILES string of the molecule is CCOC(=O)c1cc(N)cnc1NCC1CCCC1. The number of hydrogen-bond acceptors (Lipinski definition) is 5. The lowest BCUT2D eigenvalue weighted by Gasteiger charge is -2.14. The number of aromatic nitrogens is 1. The summed E-state index contributed by atoms with van der Waals surface area (Å²) in [4.78, 5) is 16.1. The maximum atomic E-state index is 11.9. The Morgan fingerprint density at radius 2 is 2.26 bits per heavy atom. The van der Waals surface area contributed by atoms with Gasteiger partial charge in [0, 0.05) is 6.54 Å². The van der Waals surface area contributed by atoms with Crippen molar-refractivity contribution in [3.05, 3.63) is 17.8 Å². The molecular weight excluding hydrogens is 242 g/mol. The second-order valence-corrected chi connectivity index (χ2v) is 4.92. The van der Waals surface area contributed by atoms with E-state index in [9.17, 15) is 4.79 Å². The minimum absolute atomic E-state index is 0.343. The molecule has 5 heteroatoms. The van der Waals surface area contributed by atoms with Gasteiger partial charge in [0.05, 0.1) is 18.5 Å². The zero-order valence-corrected chi connectivity index (χ0v) is 11.3. The molecule has 0 radical (unpaired) electrons. The molecule has 5 nitrogen and oxygen atoms in total. The number of hydrogen-bond donors (Lipinski definition) is 2. The Morgan fingerprint density at radius 1 is 1.53 bits per heavy atom. The molecule has 1 aromatic rings. The zero-order chi connectivity index (χ0) is 13.7. The van der Waals surface area contributed by atoms with Crippen molar-refractivity contribution < 1.29 is 9.53 Å². The smallest absolute Gasteiger partial charge is 0.341 e. The van der Waals surface area contributed by atoms with Gasteiger partial charge in [-0.3, -0.25) is 0 Å². The standard InChI is InChI=1S/C14H21N3O2/c1-2-19-14(18)12-7-11(15)9-17-13(12)16-8-10-5-3-4-6-10/h7,9-10H,2-6,8,15H2,1H3,(H,16,17). The molecule has 1 aliphatic rings. The van der Waals surface area contributed by atoms with Crippen LogP contribution in [0.4, 0.5) is 11.5 Å². The molecular formula is C14H21N3O2. The molecule has 1 aromatic heterocycles. The summed E-state index contributed by atoms with van der Waals surface area (Å²) >= 11 is 0. The molecule has 1 saturated carbocycles. The highest BCUT2D eigenvalue weighted by molar-refractivity contribution is 5.95. The number of nitrogens with two attached hydrogens (primary N) is 1. The van der Waals surface area contributed by atoms with Gasteiger partial charge in [-0.05, 0) is 31.7 Å². The van der Waals surface area contributed by atoms with Gasteiger partial charge in [0.25, 0.3) is 0 Å². The summed E-state index contributed by atoms with van der Waals surface area (Å²) in [7, 11) is 0. The number of carbonyl (C=O) groups is 1. The molecule has 19 heavy (non-hydrogen) atoms. The predicted molar refractivity (Wildman–Crippen MR) is 75.1 cm³/mol. The first-order valence-corrected chi connectivity index (χ1v) is 6.87. The molecule has 0 unspecified atom stereocenters. The number of carbonyl (C=O) groups excluding carboxylic acids is 1. The van der Waals surface area contributed by atoms with Gasteiger partial charge in [0.2, 0.25) is 0 Å². The Bertz CT molecular complexity index is 442. The van der Waals surface area contributed by atoms with Crippen molar-refractivity contribution in [3.8, 4) is 0 Å². The van der Waals surface area contributed by atoms with E-state index in [4.69, 9.17) is 10.5 Å². The molecule has 1 fully saturated rings. The van der Waals surface area contributed by atoms with Crippen LogP contribution in [-0.2, 0) is 4.74 Å². The average molecular weight is 263 g/mol. The van der Waals surface area contributed by atoms with Crippen molar-refractivity contribution in [3.63, 3.8) is 0 Å². The van der Waals surface area contributed by atoms with Crippen molar-refractivity contribution in [1.29, 1.82) is 0 Å². The molecule has 0 amide bonds. The number of esters is 1. The molecule has 0 aromatic carbocycles. The van der Waals surface area contributed by atoms with E-state index >= 15 is 0 Å². The minimum atomic E-state index is -0.378. The molecule has 1 heterocycles. The number of nitrogens with one attached hydrogen (secondary N) is 1. The van der Waals surface area contributed by atoms with E-state index in [1.165, 1.54) is 25.7 Å². The van der Waals surface area contributed by atoms with E-state index in [-0.39, 0.29) is 5.97 Å². The van der Waals surface area contributed by atoms with Gasteiger partial charge in [0.1, 0.15) is 11.4 Å². The molecule has 0 aliphatic heterocycles. The van der Waals surface area contributed by atoms with Crippen molar-refractivity contribution in [2.75, 3.05) is 24.2 Å². The first-order valence-electron chi connectivity index (χ1n) is 6.87. The topological polar surface area (TPSA) is 77.2 Å². The van der Waals surface area contributed by atoms with Gasteiger partial charge in [-0.1, -0.05) is 12.8 Å². The van der Waals surface area contributed by atoms with Crippen LogP contribution in [0.2, 0.25) is 0 Å². The van der Waals surface area contributed by atoms with Gasteiger partial charge < -0.3 is 15.8 Å². The van der Waals surface area contributed by atoms with Gasteiger partial charge in [-0.2, -0.15) is 0 Å². The van der Waals surface area contributed by atoms with Crippen LogP contribution >= 0.6 is 0 Å². The highest BCUT2D eigenvalue weighted by atomic mass is 16.5. The lowest BCUT2D eigenvalue weighted by atomic mass is 10.1. The van der Waals surface area contributed by atoms with Crippen molar-refractivity contribution in [1.82, 2.24) is 4.98 Å². The second kappa shape index (κ2) is 6.41. The molecule has 104 valence electrons. The molecule has 0 bridgehead atoms. The van der Waals surface area contributed by atoms with Crippen molar-refractivity contribution in [2.45, 2.75) is 32.6 Å². The van der Waals surface area contributed by atoms with Gasteiger partial charge in [-0.15, -0.1) is 0 Å². The maximum absolute atomic E-state index is 11.9. The van der Waals surface area contributed by atoms with Crippen LogP contribution in [0.15, 0.2) is 12.3 Å². The van der Waals surface area contributed by atoms with Crippen LogP contribution in [0.5, 0.6) is 0 Å². The molecule has 1 aliphatic carbocycles. The van der Waals surface area contributed by atoms with Crippen LogP contribution in [0, 0.1) is 5.92 Å². The van der Waals surface area contributed by atoms with E-state index in [1.54, 1.807) is 19.2 Å². The Balaban J connectivity index is 2.07. The summed E-state index contributed by atoms with van der Waals surface area (Å²) in [5, 5.41) is 3.25. The van der Waals surface area contributed by atoms with Gasteiger partial charge in [0.15, 0.2) is 0 Å². The first kappa shape index (κ1) is 13.6. The molecule has 3 N–H and O–H groups in total. The van der Waals surface area contributed by atoms with Gasteiger partial charge >= 0.3 is 5.97 Å². The van der Waals surface area contributed by atoms with Crippen LogP contribution in [-0.4, -0.2) is 24.1 Å². The number of rotatable bonds is 5. The van der Waals surface area contributed by atoms with E-state index in [0.29, 0.717) is 29.6 Å². The summed E-state index contributed by atoms with van der Waals surface area (Å²) in [5.74, 6) is 0.866. The quantitative estimate of drug-likeness (QED) is 0.798. The Kier molecular flexibility index (Phi) is 4.60.